The maximum atomic E-state index is 11.4. The van der Waals surface area contributed by atoms with Crippen LogP contribution in [0.3, 0.4) is 0 Å². The van der Waals surface area contributed by atoms with E-state index in [2.05, 4.69) is 4.84 Å². The normalized spacial score (nSPS) is 15.8. The lowest BCUT2D eigenvalue weighted by atomic mass is 10.3. The number of amides is 2. The summed E-state index contributed by atoms with van der Waals surface area (Å²) >= 11 is 0. The van der Waals surface area contributed by atoms with Gasteiger partial charge in [0.15, 0.2) is 5.78 Å². The molecular weight excluding hydrogens is 310 g/mol. The molecule has 1 rings (SSSR count). The van der Waals surface area contributed by atoms with E-state index in [0.717, 1.165) is 0 Å². The number of hydroxylamine groups is 2. The van der Waals surface area contributed by atoms with Crippen molar-refractivity contribution in [1.29, 1.82) is 0 Å². The van der Waals surface area contributed by atoms with Gasteiger partial charge in [0.05, 0.1) is 26.4 Å². The molecule has 0 bridgehead atoms. The first kappa shape index (κ1) is 19.2. The third kappa shape index (κ3) is 7.31. The number of ketones is 1. The lowest BCUT2D eigenvalue weighted by molar-refractivity contribution is -0.200. The summed E-state index contributed by atoms with van der Waals surface area (Å²) in [6.07, 6.45) is -0.364. The number of ether oxygens (including phenoxy) is 3. The van der Waals surface area contributed by atoms with E-state index >= 15 is 0 Å². The van der Waals surface area contributed by atoms with Crippen molar-refractivity contribution in [3.8, 4) is 0 Å². The highest BCUT2D eigenvalue weighted by Crippen LogP contribution is 2.11. The molecular formula is C14H21NO8. The first-order valence-corrected chi connectivity index (χ1v) is 7.26. The van der Waals surface area contributed by atoms with E-state index in [1.54, 1.807) is 6.92 Å². The van der Waals surface area contributed by atoms with Gasteiger partial charge >= 0.3 is 5.97 Å². The Labute approximate surface area is 133 Å². The Hall–Kier alpha value is -1.84. The van der Waals surface area contributed by atoms with Gasteiger partial charge in [-0.15, -0.1) is 5.06 Å². The third-order valence-corrected chi connectivity index (χ3v) is 2.96. The molecule has 9 heteroatoms. The van der Waals surface area contributed by atoms with E-state index in [-0.39, 0.29) is 38.4 Å². The van der Waals surface area contributed by atoms with Gasteiger partial charge in [-0.2, -0.15) is 0 Å². The second-order valence-electron chi connectivity index (χ2n) is 4.83. The zero-order valence-electron chi connectivity index (χ0n) is 13.2. The number of imide groups is 1. The summed E-state index contributed by atoms with van der Waals surface area (Å²) in [5.41, 5.74) is 0. The standard InChI is InChI=1S/C14H21NO8/c1-10(16)11(2)22-8-7-20-5-6-21-9-14(19)23-15-12(17)3-4-13(15)18/h11H,3-9H2,1-2H3/t11-/m0/s1. The molecule has 0 aromatic heterocycles. The fourth-order valence-electron chi connectivity index (χ4n) is 1.56. The molecule has 0 saturated carbocycles. The molecule has 0 radical (unpaired) electrons. The Bertz CT molecular complexity index is 434. The Balaban J connectivity index is 1.98. The molecule has 1 heterocycles. The highest BCUT2D eigenvalue weighted by molar-refractivity contribution is 6.01. The van der Waals surface area contributed by atoms with Crippen molar-refractivity contribution < 1.29 is 38.2 Å². The Morgan fingerprint density at radius 3 is 2.22 bits per heavy atom. The van der Waals surface area contributed by atoms with Gasteiger partial charge < -0.3 is 19.0 Å². The molecule has 0 aromatic rings. The minimum atomic E-state index is -0.827. The largest absolute Gasteiger partial charge is 0.377 e. The maximum absolute atomic E-state index is 11.4. The molecule has 2 amide bonds. The predicted octanol–water partition coefficient (Wildman–Crippen LogP) is -0.379. The van der Waals surface area contributed by atoms with Crippen LogP contribution in [0.1, 0.15) is 26.7 Å². The predicted molar refractivity (Wildman–Crippen MR) is 74.9 cm³/mol. The van der Waals surface area contributed by atoms with Gasteiger partial charge in [-0.25, -0.2) is 4.79 Å². The fraction of sp³-hybridized carbons (Fsp3) is 0.714. The summed E-state index contributed by atoms with van der Waals surface area (Å²) in [5.74, 6) is -1.95. The molecule has 0 unspecified atom stereocenters. The molecule has 23 heavy (non-hydrogen) atoms. The van der Waals surface area contributed by atoms with Gasteiger partial charge in [-0.1, -0.05) is 0 Å². The van der Waals surface area contributed by atoms with Crippen molar-refractivity contribution in [2.24, 2.45) is 0 Å². The maximum Gasteiger partial charge on any atom is 0.358 e. The molecule has 1 aliphatic rings. The number of hydrogen-bond acceptors (Lipinski definition) is 8. The molecule has 1 aliphatic heterocycles. The van der Waals surface area contributed by atoms with Crippen molar-refractivity contribution in [2.45, 2.75) is 32.8 Å². The van der Waals surface area contributed by atoms with E-state index in [0.29, 0.717) is 11.7 Å². The molecule has 1 saturated heterocycles. The lowest BCUT2D eigenvalue weighted by Gasteiger charge is -2.12. The second kappa shape index (κ2) is 10.0. The van der Waals surface area contributed by atoms with Gasteiger partial charge in [0.2, 0.25) is 0 Å². The number of rotatable bonds is 11. The zero-order chi connectivity index (χ0) is 17.2. The van der Waals surface area contributed by atoms with Crippen molar-refractivity contribution >= 4 is 23.6 Å². The van der Waals surface area contributed by atoms with Gasteiger partial charge in [-0.3, -0.25) is 14.4 Å². The number of hydrogen-bond donors (Lipinski definition) is 0. The SMILES string of the molecule is CC(=O)[C@H](C)OCCOCCOCC(=O)ON1C(=O)CCC1=O. The van der Waals surface area contributed by atoms with E-state index in [4.69, 9.17) is 14.2 Å². The number of carbonyl (C=O) groups is 4. The number of carbonyl (C=O) groups excluding carboxylic acids is 4. The summed E-state index contributed by atoms with van der Waals surface area (Å²) in [4.78, 5) is 49.3. The summed E-state index contributed by atoms with van der Waals surface area (Å²) in [6.45, 7) is 3.66. The average Bonchev–Trinajstić information content (AvgIpc) is 2.81. The van der Waals surface area contributed by atoms with Gasteiger partial charge in [-0.05, 0) is 13.8 Å². The van der Waals surface area contributed by atoms with Crippen molar-refractivity contribution in [3.05, 3.63) is 0 Å². The van der Waals surface area contributed by atoms with Gasteiger partial charge in [0.25, 0.3) is 11.8 Å². The Morgan fingerprint density at radius 2 is 1.61 bits per heavy atom. The van der Waals surface area contributed by atoms with E-state index in [1.165, 1.54) is 6.92 Å². The van der Waals surface area contributed by atoms with Crippen LogP contribution in [0.2, 0.25) is 0 Å². The molecule has 130 valence electrons. The molecule has 0 N–H and O–H groups in total. The third-order valence-electron chi connectivity index (χ3n) is 2.96. The van der Waals surface area contributed by atoms with Gasteiger partial charge in [0.1, 0.15) is 12.7 Å². The minimum absolute atomic E-state index is 0.0468. The topological polar surface area (TPSA) is 108 Å². The van der Waals surface area contributed by atoms with Crippen LogP contribution in [0.5, 0.6) is 0 Å². The lowest BCUT2D eigenvalue weighted by Crippen LogP contribution is -2.33. The monoisotopic (exact) mass is 331 g/mol. The highest BCUT2D eigenvalue weighted by Gasteiger charge is 2.32. The fourth-order valence-corrected chi connectivity index (χ4v) is 1.56. The Morgan fingerprint density at radius 1 is 1.04 bits per heavy atom. The van der Waals surface area contributed by atoms with Crippen molar-refractivity contribution in [1.82, 2.24) is 5.06 Å². The molecule has 1 atom stereocenters. The van der Waals surface area contributed by atoms with Crippen LogP contribution in [0.15, 0.2) is 0 Å². The van der Waals surface area contributed by atoms with E-state index in [9.17, 15) is 19.2 Å². The molecule has 0 aliphatic carbocycles. The van der Waals surface area contributed by atoms with Gasteiger partial charge in [0, 0.05) is 12.8 Å². The van der Waals surface area contributed by atoms with Crippen molar-refractivity contribution in [3.63, 3.8) is 0 Å². The summed E-state index contributed by atoms with van der Waals surface area (Å²) in [7, 11) is 0. The number of nitrogens with zero attached hydrogens (tertiary/aromatic N) is 1. The zero-order valence-corrected chi connectivity index (χ0v) is 13.2. The molecule has 0 aromatic carbocycles. The van der Waals surface area contributed by atoms with Crippen LogP contribution < -0.4 is 0 Å². The molecule has 0 spiro atoms. The summed E-state index contributed by atoms with van der Waals surface area (Å²) in [5, 5.41) is 0.468. The molecule has 9 nitrogen and oxygen atoms in total. The highest BCUT2D eigenvalue weighted by atomic mass is 16.7. The summed E-state index contributed by atoms with van der Waals surface area (Å²) < 4.78 is 15.4. The summed E-state index contributed by atoms with van der Waals surface area (Å²) in [6, 6.07) is 0. The van der Waals surface area contributed by atoms with Crippen LogP contribution in [-0.4, -0.2) is 67.8 Å². The van der Waals surface area contributed by atoms with Crippen molar-refractivity contribution in [2.75, 3.05) is 33.0 Å². The first-order valence-electron chi connectivity index (χ1n) is 7.26. The minimum Gasteiger partial charge on any atom is -0.377 e. The van der Waals surface area contributed by atoms with Crippen LogP contribution >= 0.6 is 0 Å². The second-order valence-corrected chi connectivity index (χ2v) is 4.83. The van der Waals surface area contributed by atoms with Crippen LogP contribution in [0.25, 0.3) is 0 Å². The van der Waals surface area contributed by atoms with Crippen LogP contribution in [-0.2, 0) is 38.2 Å². The average molecular weight is 331 g/mol. The van der Waals surface area contributed by atoms with Crippen LogP contribution in [0.4, 0.5) is 0 Å². The Kier molecular flexibility index (Phi) is 8.38. The quantitative estimate of drug-likeness (QED) is 0.372. The molecule has 1 fully saturated rings. The first-order chi connectivity index (χ1) is 10.9. The number of Topliss-reactive ketones (excluding diaryl/α,β-unsaturated/α-hetero) is 1. The van der Waals surface area contributed by atoms with Crippen LogP contribution in [0, 0.1) is 0 Å². The van der Waals surface area contributed by atoms with E-state index in [1.807, 2.05) is 0 Å². The van der Waals surface area contributed by atoms with E-state index < -0.39 is 30.5 Å². The smallest absolute Gasteiger partial charge is 0.358 e.